The molecule has 1 aliphatic heterocycles. The first kappa shape index (κ1) is 19.4. The number of alkyl halides is 1. The SMILES string of the molecule is O=c1nc2n(c3sc4c(c13)CCCC4)C(CCl)(Sc1ccc([N+](=O)[O-])cc1)CS2. The summed E-state index contributed by atoms with van der Waals surface area (Å²) in [4.78, 5) is 30.4. The van der Waals surface area contributed by atoms with Crippen molar-refractivity contribution in [1.29, 1.82) is 0 Å². The molecule has 2 aliphatic rings. The topological polar surface area (TPSA) is 78.0 Å². The standard InChI is InChI=1S/C19H16ClN3O3S3/c20-9-19(29-12-7-5-11(6-8-12)23(25)26)10-27-18-21-16(24)15-13-3-1-2-4-14(13)28-17(15)22(18)19/h5-8H,1-4,9-10H2. The number of hydrogen-bond donors (Lipinski definition) is 0. The lowest BCUT2D eigenvalue weighted by atomic mass is 9.97. The van der Waals surface area contributed by atoms with E-state index in [1.807, 2.05) is 0 Å². The van der Waals surface area contributed by atoms with Gasteiger partial charge in [-0.05, 0) is 43.4 Å². The van der Waals surface area contributed by atoms with Crippen LogP contribution in [-0.4, -0.2) is 26.1 Å². The van der Waals surface area contributed by atoms with Crippen molar-refractivity contribution < 1.29 is 4.92 Å². The van der Waals surface area contributed by atoms with E-state index in [2.05, 4.69) is 9.55 Å². The maximum atomic E-state index is 12.8. The average molecular weight is 466 g/mol. The molecule has 150 valence electrons. The Morgan fingerprint density at radius 2 is 2.03 bits per heavy atom. The number of hydrogen-bond acceptors (Lipinski definition) is 7. The van der Waals surface area contributed by atoms with Crippen LogP contribution in [0.1, 0.15) is 23.3 Å². The second-order valence-electron chi connectivity index (χ2n) is 7.15. The monoisotopic (exact) mass is 465 g/mol. The van der Waals surface area contributed by atoms with E-state index in [0.29, 0.717) is 16.8 Å². The predicted molar refractivity (Wildman–Crippen MR) is 119 cm³/mol. The molecule has 0 N–H and O–H groups in total. The number of nitro groups is 1. The summed E-state index contributed by atoms with van der Waals surface area (Å²) < 4.78 is 2.15. The van der Waals surface area contributed by atoms with E-state index < -0.39 is 9.79 Å². The summed E-state index contributed by atoms with van der Waals surface area (Å²) in [6.07, 6.45) is 4.20. The molecule has 1 atom stereocenters. The maximum absolute atomic E-state index is 12.8. The Labute approximate surface area is 183 Å². The van der Waals surface area contributed by atoms with Gasteiger partial charge in [0, 0.05) is 27.7 Å². The van der Waals surface area contributed by atoms with Crippen molar-refractivity contribution in [3.05, 3.63) is 55.2 Å². The van der Waals surface area contributed by atoms with E-state index >= 15 is 0 Å². The minimum Gasteiger partial charge on any atom is -0.294 e. The highest BCUT2D eigenvalue weighted by molar-refractivity contribution is 8.04. The second-order valence-corrected chi connectivity index (χ2v) is 10.9. The Morgan fingerprint density at radius 3 is 2.76 bits per heavy atom. The maximum Gasteiger partial charge on any atom is 0.282 e. The second kappa shape index (κ2) is 7.30. The summed E-state index contributed by atoms with van der Waals surface area (Å²) in [5.41, 5.74) is 1.10. The molecule has 1 unspecified atom stereocenters. The number of benzene rings is 1. The smallest absolute Gasteiger partial charge is 0.282 e. The summed E-state index contributed by atoms with van der Waals surface area (Å²) in [6, 6.07) is 6.53. The molecule has 10 heteroatoms. The zero-order chi connectivity index (χ0) is 20.2. The third kappa shape index (κ3) is 3.10. The van der Waals surface area contributed by atoms with Crippen molar-refractivity contribution in [1.82, 2.24) is 9.55 Å². The zero-order valence-corrected chi connectivity index (χ0v) is 18.4. The normalized spacial score (nSPS) is 20.6. The Morgan fingerprint density at radius 1 is 1.28 bits per heavy atom. The molecule has 0 saturated heterocycles. The van der Waals surface area contributed by atoms with Crippen LogP contribution in [0, 0.1) is 10.1 Å². The molecule has 3 heterocycles. The van der Waals surface area contributed by atoms with Gasteiger partial charge in [0.05, 0.1) is 16.2 Å². The number of nitro benzene ring substituents is 1. The molecule has 0 radical (unpaired) electrons. The lowest BCUT2D eigenvalue weighted by molar-refractivity contribution is -0.384. The van der Waals surface area contributed by atoms with Crippen LogP contribution in [0.2, 0.25) is 0 Å². The van der Waals surface area contributed by atoms with E-state index in [9.17, 15) is 14.9 Å². The Kier molecular flexibility index (Phi) is 4.89. The summed E-state index contributed by atoms with van der Waals surface area (Å²) in [5, 5.41) is 12.4. The van der Waals surface area contributed by atoms with E-state index in [4.69, 9.17) is 11.6 Å². The largest absolute Gasteiger partial charge is 0.294 e. The Bertz CT molecular complexity index is 1190. The van der Waals surface area contributed by atoms with Crippen molar-refractivity contribution in [3.63, 3.8) is 0 Å². The number of thioether (sulfide) groups is 2. The minimum atomic E-state index is -0.496. The van der Waals surface area contributed by atoms with Gasteiger partial charge in [-0.3, -0.25) is 19.5 Å². The third-order valence-corrected chi connectivity index (χ3v) is 9.93. The van der Waals surface area contributed by atoms with E-state index in [1.165, 1.54) is 22.6 Å². The van der Waals surface area contributed by atoms with Crippen LogP contribution in [0.4, 0.5) is 5.69 Å². The number of halogens is 1. The van der Waals surface area contributed by atoms with Crippen LogP contribution < -0.4 is 5.56 Å². The zero-order valence-electron chi connectivity index (χ0n) is 15.2. The van der Waals surface area contributed by atoms with Crippen LogP contribution in [0.5, 0.6) is 0 Å². The van der Waals surface area contributed by atoms with Crippen LogP contribution in [0.15, 0.2) is 39.1 Å². The van der Waals surface area contributed by atoms with Gasteiger partial charge in [-0.25, -0.2) is 0 Å². The van der Waals surface area contributed by atoms with E-state index in [0.717, 1.165) is 40.8 Å². The fourth-order valence-electron chi connectivity index (χ4n) is 3.96. The number of nitrogens with zero attached hydrogens (tertiary/aromatic N) is 3. The highest BCUT2D eigenvalue weighted by atomic mass is 35.5. The Hall–Kier alpha value is -1.55. The molecule has 3 aromatic rings. The fraction of sp³-hybridized carbons (Fsp3) is 0.368. The van der Waals surface area contributed by atoms with Gasteiger partial charge in [-0.1, -0.05) is 23.5 Å². The van der Waals surface area contributed by atoms with Gasteiger partial charge in [-0.2, -0.15) is 4.98 Å². The highest BCUT2D eigenvalue weighted by Crippen LogP contribution is 2.51. The summed E-state index contributed by atoms with van der Waals surface area (Å²) in [6.45, 7) is 0. The molecule has 0 bridgehead atoms. The summed E-state index contributed by atoms with van der Waals surface area (Å²) in [7, 11) is 0. The number of rotatable bonds is 4. The van der Waals surface area contributed by atoms with Crippen molar-refractivity contribution in [2.75, 3.05) is 11.6 Å². The van der Waals surface area contributed by atoms with Crippen molar-refractivity contribution >= 4 is 62.4 Å². The lowest BCUT2D eigenvalue weighted by Crippen LogP contribution is -2.32. The lowest BCUT2D eigenvalue weighted by Gasteiger charge is -2.29. The predicted octanol–water partition coefficient (Wildman–Crippen LogP) is 5.03. The summed E-state index contributed by atoms with van der Waals surface area (Å²) >= 11 is 11.4. The first-order valence-electron chi connectivity index (χ1n) is 9.22. The van der Waals surface area contributed by atoms with Crippen LogP contribution in [-0.2, 0) is 17.7 Å². The molecule has 0 amide bonds. The highest BCUT2D eigenvalue weighted by Gasteiger charge is 2.42. The summed E-state index contributed by atoms with van der Waals surface area (Å²) in [5.74, 6) is 1.03. The molecule has 0 fully saturated rings. The molecule has 0 saturated carbocycles. The quantitative estimate of drug-likeness (QED) is 0.232. The number of fused-ring (bicyclic) bond motifs is 5. The first-order chi connectivity index (χ1) is 14.0. The van der Waals surface area contributed by atoms with Crippen LogP contribution in [0.3, 0.4) is 0 Å². The van der Waals surface area contributed by atoms with Crippen molar-refractivity contribution in [2.45, 2.75) is 40.6 Å². The average Bonchev–Trinajstić information content (AvgIpc) is 3.27. The molecule has 0 spiro atoms. The fourth-order valence-corrected chi connectivity index (χ4v) is 8.67. The van der Waals surface area contributed by atoms with E-state index in [1.54, 1.807) is 47.0 Å². The molecule has 29 heavy (non-hydrogen) atoms. The third-order valence-electron chi connectivity index (χ3n) is 5.36. The molecule has 6 nitrogen and oxygen atoms in total. The van der Waals surface area contributed by atoms with Crippen LogP contribution >= 0.6 is 46.5 Å². The van der Waals surface area contributed by atoms with Gasteiger partial charge in [-0.15, -0.1) is 22.9 Å². The van der Waals surface area contributed by atoms with Gasteiger partial charge >= 0.3 is 0 Å². The Balaban J connectivity index is 1.65. The first-order valence-corrected chi connectivity index (χ1v) is 12.4. The van der Waals surface area contributed by atoms with Gasteiger partial charge < -0.3 is 0 Å². The van der Waals surface area contributed by atoms with Gasteiger partial charge in [0.2, 0.25) is 0 Å². The molecule has 5 rings (SSSR count). The van der Waals surface area contributed by atoms with Gasteiger partial charge in [0.25, 0.3) is 11.2 Å². The number of aryl methyl sites for hydroxylation is 2. The van der Waals surface area contributed by atoms with Crippen LogP contribution in [0.25, 0.3) is 10.2 Å². The molecular weight excluding hydrogens is 450 g/mol. The number of non-ortho nitro benzene ring substituents is 1. The molecule has 2 aromatic heterocycles. The van der Waals surface area contributed by atoms with Crippen molar-refractivity contribution in [2.24, 2.45) is 0 Å². The molecule has 1 aromatic carbocycles. The molecule has 1 aliphatic carbocycles. The van der Waals surface area contributed by atoms with Gasteiger partial charge in [0.1, 0.15) is 9.70 Å². The van der Waals surface area contributed by atoms with E-state index in [-0.39, 0.29) is 11.2 Å². The van der Waals surface area contributed by atoms with Gasteiger partial charge in [0.15, 0.2) is 5.16 Å². The molecular formula is C19H16ClN3O3S3. The number of thiophene rings is 1. The minimum absolute atomic E-state index is 0.0640. The van der Waals surface area contributed by atoms with Crippen molar-refractivity contribution in [3.8, 4) is 0 Å². The number of aromatic nitrogens is 2.